The molecular formula is C15H21N3. The first-order valence-corrected chi connectivity index (χ1v) is 6.38. The quantitative estimate of drug-likeness (QED) is 0.894. The van der Waals surface area contributed by atoms with Crippen LogP contribution in [0, 0.1) is 13.8 Å². The first kappa shape index (κ1) is 12.8. The Labute approximate surface area is 109 Å². The van der Waals surface area contributed by atoms with Crippen molar-refractivity contribution in [1.82, 2.24) is 9.55 Å². The number of hydrogen-bond acceptors (Lipinski definition) is 2. The third-order valence-corrected chi connectivity index (χ3v) is 3.39. The zero-order valence-corrected chi connectivity index (χ0v) is 11.4. The largest absolute Gasteiger partial charge is 0.335 e. The molecule has 96 valence electrons. The Morgan fingerprint density at radius 2 is 2.06 bits per heavy atom. The van der Waals surface area contributed by atoms with Crippen molar-refractivity contribution in [3.8, 4) is 0 Å². The molecular weight excluding hydrogens is 222 g/mol. The van der Waals surface area contributed by atoms with Gasteiger partial charge in [0.1, 0.15) is 5.82 Å². The van der Waals surface area contributed by atoms with Crippen molar-refractivity contribution in [3.63, 3.8) is 0 Å². The summed E-state index contributed by atoms with van der Waals surface area (Å²) in [4.78, 5) is 4.71. The molecule has 2 rings (SSSR count). The van der Waals surface area contributed by atoms with E-state index in [1.807, 2.05) is 0 Å². The maximum Gasteiger partial charge on any atom is 0.110 e. The van der Waals surface area contributed by atoms with E-state index in [1.165, 1.54) is 16.8 Å². The van der Waals surface area contributed by atoms with Crippen LogP contribution in [-0.2, 0) is 19.9 Å². The van der Waals surface area contributed by atoms with Crippen LogP contribution in [0.4, 0.5) is 0 Å². The van der Waals surface area contributed by atoms with Gasteiger partial charge in [-0.2, -0.15) is 0 Å². The van der Waals surface area contributed by atoms with Gasteiger partial charge in [-0.3, -0.25) is 0 Å². The Balaban J connectivity index is 2.26. The van der Waals surface area contributed by atoms with Gasteiger partial charge in [0.05, 0.1) is 5.69 Å². The van der Waals surface area contributed by atoms with E-state index in [9.17, 15) is 0 Å². The van der Waals surface area contributed by atoms with E-state index in [0.29, 0.717) is 6.54 Å². The third-order valence-electron chi connectivity index (χ3n) is 3.39. The van der Waals surface area contributed by atoms with Crippen LogP contribution in [0.1, 0.15) is 28.3 Å². The van der Waals surface area contributed by atoms with Crippen molar-refractivity contribution in [1.29, 1.82) is 0 Å². The minimum absolute atomic E-state index is 0.647. The fourth-order valence-corrected chi connectivity index (χ4v) is 2.23. The lowest BCUT2D eigenvalue weighted by Gasteiger charge is -2.02. The summed E-state index contributed by atoms with van der Waals surface area (Å²) < 4.78 is 2.15. The molecule has 0 unspecified atom stereocenters. The lowest BCUT2D eigenvalue weighted by Crippen LogP contribution is -2.08. The summed E-state index contributed by atoms with van der Waals surface area (Å²) in [5.41, 5.74) is 10.6. The standard InChI is InChI=1S/C15H21N3/c1-11-5-4-6-13(9-11)10-14-12(2)18(3)15(17-14)7-8-16/h4-6,9H,7-8,10,16H2,1-3H3. The van der Waals surface area contributed by atoms with Crippen LogP contribution in [0.3, 0.4) is 0 Å². The maximum atomic E-state index is 5.61. The molecule has 1 heterocycles. The smallest absolute Gasteiger partial charge is 0.110 e. The molecule has 0 atom stereocenters. The predicted octanol–water partition coefficient (Wildman–Crippen LogP) is 2.13. The summed E-state index contributed by atoms with van der Waals surface area (Å²) >= 11 is 0. The van der Waals surface area contributed by atoms with Crippen molar-refractivity contribution < 1.29 is 0 Å². The number of nitrogens with zero attached hydrogens (tertiary/aromatic N) is 2. The summed E-state index contributed by atoms with van der Waals surface area (Å²) in [6.07, 6.45) is 1.73. The monoisotopic (exact) mass is 243 g/mol. The molecule has 18 heavy (non-hydrogen) atoms. The summed E-state index contributed by atoms with van der Waals surface area (Å²) in [5, 5.41) is 0. The van der Waals surface area contributed by atoms with Gasteiger partial charge in [-0.15, -0.1) is 0 Å². The van der Waals surface area contributed by atoms with Gasteiger partial charge in [0.2, 0.25) is 0 Å². The maximum absolute atomic E-state index is 5.61. The average Bonchev–Trinajstić information content (AvgIpc) is 2.59. The van der Waals surface area contributed by atoms with Crippen LogP contribution in [0.25, 0.3) is 0 Å². The van der Waals surface area contributed by atoms with Gasteiger partial charge in [-0.25, -0.2) is 4.98 Å². The second-order valence-corrected chi connectivity index (χ2v) is 4.82. The molecule has 0 bridgehead atoms. The SMILES string of the molecule is Cc1cccc(Cc2nc(CCN)n(C)c2C)c1. The second kappa shape index (κ2) is 5.36. The van der Waals surface area contributed by atoms with Crippen LogP contribution < -0.4 is 5.73 Å². The van der Waals surface area contributed by atoms with E-state index in [1.54, 1.807) is 0 Å². The molecule has 0 saturated carbocycles. The van der Waals surface area contributed by atoms with Gasteiger partial charge in [0.25, 0.3) is 0 Å². The molecule has 0 aliphatic heterocycles. The molecule has 3 nitrogen and oxygen atoms in total. The van der Waals surface area contributed by atoms with Crippen molar-refractivity contribution in [3.05, 3.63) is 52.6 Å². The fourth-order valence-electron chi connectivity index (χ4n) is 2.23. The van der Waals surface area contributed by atoms with Crippen LogP contribution in [-0.4, -0.2) is 16.1 Å². The van der Waals surface area contributed by atoms with Crippen LogP contribution >= 0.6 is 0 Å². The van der Waals surface area contributed by atoms with Crippen molar-refractivity contribution >= 4 is 0 Å². The number of benzene rings is 1. The van der Waals surface area contributed by atoms with Crippen molar-refractivity contribution in [2.24, 2.45) is 12.8 Å². The first-order valence-electron chi connectivity index (χ1n) is 6.38. The highest BCUT2D eigenvalue weighted by atomic mass is 15.1. The van der Waals surface area contributed by atoms with E-state index in [4.69, 9.17) is 10.7 Å². The highest BCUT2D eigenvalue weighted by Crippen LogP contribution is 2.15. The number of aryl methyl sites for hydroxylation is 1. The molecule has 0 saturated heterocycles. The summed E-state index contributed by atoms with van der Waals surface area (Å²) in [6.45, 7) is 4.89. The Morgan fingerprint density at radius 1 is 1.28 bits per heavy atom. The third kappa shape index (κ3) is 2.62. The molecule has 0 spiro atoms. The van der Waals surface area contributed by atoms with Crippen LogP contribution in [0.2, 0.25) is 0 Å². The zero-order chi connectivity index (χ0) is 13.1. The first-order chi connectivity index (χ1) is 8.61. The normalized spacial score (nSPS) is 10.9. The van der Waals surface area contributed by atoms with Crippen molar-refractivity contribution in [2.75, 3.05) is 6.54 Å². The fraction of sp³-hybridized carbons (Fsp3) is 0.400. The topological polar surface area (TPSA) is 43.8 Å². The Bertz CT molecular complexity index is 541. The number of aromatic nitrogens is 2. The highest BCUT2D eigenvalue weighted by Gasteiger charge is 2.10. The summed E-state index contributed by atoms with van der Waals surface area (Å²) in [5.74, 6) is 1.08. The van der Waals surface area contributed by atoms with Gasteiger partial charge in [0, 0.05) is 25.6 Å². The molecule has 1 aromatic heterocycles. The molecule has 0 amide bonds. The number of rotatable bonds is 4. The lowest BCUT2D eigenvalue weighted by molar-refractivity contribution is 0.761. The molecule has 0 radical (unpaired) electrons. The molecule has 0 fully saturated rings. The zero-order valence-electron chi connectivity index (χ0n) is 11.4. The summed E-state index contributed by atoms with van der Waals surface area (Å²) in [6, 6.07) is 8.60. The van der Waals surface area contributed by atoms with Gasteiger partial charge in [-0.1, -0.05) is 29.8 Å². The van der Waals surface area contributed by atoms with E-state index in [0.717, 1.165) is 24.4 Å². The minimum Gasteiger partial charge on any atom is -0.335 e. The Hall–Kier alpha value is -1.61. The molecule has 1 aromatic carbocycles. The molecule has 0 aliphatic carbocycles. The molecule has 3 heteroatoms. The van der Waals surface area contributed by atoms with E-state index in [2.05, 4.69) is 49.7 Å². The Kier molecular flexibility index (Phi) is 3.82. The van der Waals surface area contributed by atoms with Gasteiger partial charge < -0.3 is 10.3 Å². The number of hydrogen-bond donors (Lipinski definition) is 1. The average molecular weight is 243 g/mol. The Morgan fingerprint density at radius 3 is 2.72 bits per heavy atom. The van der Waals surface area contributed by atoms with Gasteiger partial charge in [-0.05, 0) is 26.0 Å². The molecule has 2 aromatic rings. The second-order valence-electron chi connectivity index (χ2n) is 4.82. The molecule has 0 aliphatic rings. The summed E-state index contributed by atoms with van der Waals surface area (Å²) in [7, 11) is 2.06. The predicted molar refractivity (Wildman–Crippen MR) is 74.7 cm³/mol. The molecule has 2 N–H and O–H groups in total. The number of nitrogens with two attached hydrogens (primary N) is 1. The number of imidazole rings is 1. The lowest BCUT2D eigenvalue weighted by atomic mass is 10.1. The van der Waals surface area contributed by atoms with Gasteiger partial charge >= 0.3 is 0 Å². The minimum atomic E-state index is 0.647. The van der Waals surface area contributed by atoms with Crippen molar-refractivity contribution in [2.45, 2.75) is 26.7 Å². The highest BCUT2D eigenvalue weighted by molar-refractivity contribution is 5.28. The van der Waals surface area contributed by atoms with E-state index < -0.39 is 0 Å². The van der Waals surface area contributed by atoms with Crippen LogP contribution in [0.5, 0.6) is 0 Å². The van der Waals surface area contributed by atoms with Gasteiger partial charge in [0.15, 0.2) is 0 Å². The van der Waals surface area contributed by atoms with E-state index in [-0.39, 0.29) is 0 Å². The van der Waals surface area contributed by atoms with E-state index >= 15 is 0 Å². The van der Waals surface area contributed by atoms with Crippen LogP contribution in [0.15, 0.2) is 24.3 Å².